The first-order chi connectivity index (χ1) is 7.35. The van der Waals surface area contributed by atoms with Crippen LogP contribution in [0.4, 0.5) is 0 Å². The van der Waals surface area contributed by atoms with Crippen LogP contribution >= 0.6 is 0 Å². The fourth-order valence-corrected chi connectivity index (χ4v) is 1.93. The molecule has 0 aromatic carbocycles. The molecule has 1 atom stereocenters. The fraction of sp³-hybridized carbons (Fsp3) is 0.786. The van der Waals surface area contributed by atoms with E-state index in [-0.39, 0.29) is 0 Å². The second-order valence-electron chi connectivity index (χ2n) is 4.29. The summed E-state index contributed by atoms with van der Waals surface area (Å²) in [5.41, 5.74) is 0. The van der Waals surface area contributed by atoms with Gasteiger partial charge in [-0.05, 0) is 44.7 Å². The van der Waals surface area contributed by atoms with E-state index in [9.17, 15) is 0 Å². The molecule has 0 aliphatic rings. The molecule has 0 aromatic heterocycles. The second-order valence-corrected chi connectivity index (χ2v) is 4.29. The summed E-state index contributed by atoms with van der Waals surface area (Å²) in [7, 11) is 0. The summed E-state index contributed by atoms with van der Waals surface area (Å²) in [6.45, 7) is 4.34. The van der Waals surface area contributed by atoms with Gasteiger partial charge in [0.25, 0.3) is 0 Å². The first-order valence-corrected chi connectivity index (χ1v) is 6.45. The standard InChI is InChI=1S/C14H27N/c1-3-5-7-10-14(12-9-13-15)11-8-6-4-2/h3,5,13-15H,4,6-12H2,1-2H3/b5-3+,15-13?. The van der Waals surface area contributed by atoms with Crippen LogP contribution in [-0.2, 0) is 0 Å². The van der Waals surface area contributed by atoms with Gasteiger partial charge in [-0.2, -0.15) is 0 Å². The van der Waals surface area contributed by atoms with E-state index in [0.29, 0.717) is 0 Å². The van der Waals surface area contributed by atoms with Crippen LogP contribution in [0.15, 0.2) is 12.2 Å². The van der Waals surface area contributed by atoms with E-state index in [0.717, 1.165) is 12.3 Å². The van der Waals surface area contributed by atoms with Crippen LogP contribution in [0.1, 0.15) is 65.2 Å². The highest BCUT2D eigenvalue weighted by Gasteiger charge is 2.06. The van der Waals surface area contributed by atoms with E-state index >= 15 is 0 Å². The van der Waals surface area contributed by atoms with Crippen LogP contribution in [0.2, 0.25) is 0 Å². The molecule has 0 radical (unpaired) electrons. The lowest BCUT2D eigenvalue weighted by Gasteiger charge is -2.14. The molecule has 1 heteroatoms. The lowest BCUT2D eigenvalue weighted by Crippen LogP contribution is -2.00. The molecule has 1 unspecified atom stereocenters. The molecule has 0 aromatic rings. The minimum atomic E-state index is 0.842. The Morgan fingerprint density at radius 1 is 1.07 bits per heavy atom. The van der Waals surface area contributed by atoms with Crippen LogP contribution in [0.25, 0.3) is 0 Å². The van der Waals surface area contributed by atoms with Gasteiger partial charge in [0.2, 0.25) is 0 Å². The number of hydrogen-bond donors (Lipinski definition) is 1. The van der Waals surface area contributed by atoms with Crippen molar-refractivity contribution < 1.29 is 0 Å². The number of allylic oxidation sites excluding steroid dienone is 2. The third-order valence-electron chi connectivity index (χ3n) is 2.91. The van der Waals surface area contributed by atoms with E-state index < -0.39 is 0 Å². The molecule has 1 nitrogen and oxygen atoms in total. The molecular formula is C14H27N. The minimum Gasteiger partial charge on any atom is -0.313 e. The Hall–Kier alpha value is -0.590. The largest absolute Gasteiger partial charge is 0.313 e. The van der Waals surface area contributed by atoms with E-state index in [1.165, 1.54) is 44.9 Å². The van der Waals surface area contributed by atoms with Crippen LogP contribution in [0.3, 0.4) is 0 Å². The summed E-state index contributed by atoms with van der Waals surface area (Å²) in [4.78, 5) is 0. The van der Waals surface area contributed by atoms with Gasteiger partial charge in [-0.3, -0.25) is 0 Å². The van der Waals surface area contributed by atoms with Crippen molar-refractivity contribution in [3.8, 4) is 0 Å². The maximum atomic E-state index is 7.08. The van der Waals surface area contributed by atoms with Gasteiger partial charge in [0.05, 0.1) is 0 Å². The summed E-state index contributed by atoms with van der Waals surface area (Å²) < 4.78 is 0. The lowest BCUT2D eigenvalue weighted by atomic mass is 9.92. The van der Waals surface area contributed by atoms with Crippen molar-refractivity contribution in [1.29, 1.82) is 5.41 Å². The topological polar surface area (TPSA) is 23.9 Å². The van der Waals surface area contributed by atoms with E-state index in [1.807, 2.05) is 0 Å². The predicted octanol–water partition coefficient (Wildman–Crippen LogP) is 4.97. The first kappa shape index (κ1) is 14.4. The van der Waals surface area contributed by atoms with Crippen LogP contribution < -0.4 is 0 Å². The number of unbranched alkanes of at least 4 members (excludes halogenated alkanes) is 2. The highest BCUT2D eigenvalue weighted by atomic mass is 14.3. The average molecular weight is 209 g/mol. The van der Waals surface area contributed by atoms with Crippen LogP contribution in [0.5, 0.6) is 0 Å². The van der Waals surface area contributed by atoms with Crippen molar-refractivity contribution in [3.05, 3.63) is 12.2 Å². The number of hydrogen-bond acceptors (Lipinski definition) is 1. The van der Waals surface area contributed by atoms with E-state index in [4.69, 9.17) is 5.41 Å². The molecule has 0 rings (SSSR count). The molecule has 0 spiro atoms. The summed E-state index contributed by atoms with van der Waals surface area (Å²) in [6, 6.07) is 0. The van der Waals surface area contributed by atoms with Crippen LogP contribution in [0, 0.1) is 11.3 Å². The third-order valence-corrected chi connectivity index (χ3v) is 2.91. The molecule has 0 fully saturated rings. The second kappa shape index (κ2) is 11.5. The number of rotatable bonds is 10. The summed E-state index contributed by atoms with van der Waals surface area (Å²) >= 11 is 0. The zero-order valence-corrected chi connectivity index (χ0v) is 10.5. The zero-order valence-electron chi connectivity index (χ0n) is 10.5. The molecule has 0 aliphatic carbocycles. The highest BCUT2D eigenvalue weighted by Crippen LogP contribution is 2.20. The Balaban J connectivity index is 3.67. The predicted molar refractivity (Wildman–Crippen MR) is 69.7 cm³/mol. The molecule has 0 amide bonds. The molecule has 0 saturated heterocycles. The summed E-state index contributed by atoms with van der Waals surface area (Å²) in [5, 5.41) is 7.08. The monoisotopic (exact) mass is 209 g/mol. The average Bonchev–Trinajstić information content (AvgIpc) is 2.25. The van der Waals surface area contributed by atoms with Gasteiger partial charge in [-0.1, -0.05) is 44.8 Å². The Bertz CT molecular complexity index is 161. The Morgan fingerprint density at radius 2 is 1.80 bits per heavy atom. The van der Waals surface area contributed by atoms with Gasteiger partial charge in [0.1, 0.15) is 0 Å². The van der Waals surface area contributed by atoms with Gasteiger partial charge in [-0.25, -0.2) is 0 Å². The zero-order chi connectivity index (χ0) is 11.4. The number of nitrogens with one attached hydrogen (secondary N) is 1. The van der Waals surface area contributed by atoms with Gasteiger partial charge >= 0.3 is 0 Å². The molecule has 0 heterocycles. The minimum absolute atomic E-state index is 0.842. The maximum absolute atomic E-state index is 7.08. The van der Waals surface area contributed by atoms with Gasteiger partial charge in [0, 0.05) is 0 Å². The SMILES string of the molecule is C/C=C/CCC(CCC=N)CCCCC. The van der Waals surface area contributed by atoms with Crippen molar-refractivity contribution in [1.82, 2.24) is 0 Å². The van der Waals surface area contributed by atoms with Gasteiger partial charge in [-0.15, -0.1) is 0 Å². The van der Waals surface area contributed by atoms with E-state index in [2.05, 4.69) is 26.0 Å². The Kier molecular flexibility index (Phi) is 11.0. The van der Waals surface area contributed by atoms with Crippen molar-refractivity contribution in [2.24, 2.45) is 5.92 Å². The van der Waals surface area contributed by atoms with E-state index in [1.54, 1.807) is 6.21 Å². The molecule has 15 heavy (non-hydrogen) atoms. The quantitative estimate of drug-likeness (QED) is 0.298. The van der Waals surface area contributed by atoms with Crippen molar-refractivity contribution in [2.75, 3.05) is 0 Å². The van der Waals surface area contributed by atoms with Crippen LogP contribution in [-0.4, -0.2) is 6.21 Å². The van der Waals surface area contributed by atoms with Crippen molar-refractivity contribution in [3.63, 3.8) is 0 Å². The highest BCUT2D eigenvalue weighted by molar-refractivity contribution is 5.52. The fourth-order valence-electron chi connectivity index (χ4n) is 1.93. The normalized spacial score (nSPS) is 13.2. The Morgan fingerprint density at radius 3 is 2.40 bits per heavy atom. The lowest BCUT2D eigenvalue weighted by molar-refractivity contribution is 0.411. The van der Waals surface area contributed by atoms with Crippen molar-refractivity contribution >= 4 is 6.21 Å². The first-order valence-electron chi connectivity index (χ1n) is 6.45. The van der Waals surface area contributed by atoms with Gasteiger partial charge < -0.3 is 5.41 Å². The van der Waals surface area contributed by atoms with Crippen molar-refractivity contribution in [2.45, 2.75) is 65.2 Å². The molecule has 1 N–H and O–H groups in total. The maximum Gasteiger partial charge on any atom is -0.00476 e. The molecule has 0 bridgehead atoms. The summed E-state index contributed by atoms with van der Waals surface area (Å²) in [6.07, 6.45) is 16.1. The molecule has 0 saturated carbocycles. The molecule has 0 aliphatic heterocycles. The van der Waals surface area contributed by atoms with Gasteiger partial charge in [0.15, 0.2) is 0 Å². The third kappa shape index (κ3) is 9.71. The smallest absolute Gasteiger partial charge is 0.00476 e. The molecular weight excluding hydrogens is 182 g/mol. The Labute approximate surface area is 95.5 Å². The summed E-state index contributed by atoms with van der Waals surface area (Å²) in [5.74, 6) is 0.842. The molecule has 88 valence electrons.